The molecule has 0 spiro atoms. The summed E-state index contributed by atoms with van der Waals surface area (Å²) in [6.07, 6.45) is 7.19. The summed E-state index contributed by atoms with van der Waals surface area (Å²) in [5, 5.41) is 0.975. The number of fused-ring (bicyclic) bond motifs is 2. The number of amidine groups is 1. The van der Waals surface area contributed by atoms with Crippen LogP contribution < -0.4 is 0 Å². The lowest BCUT2D eigenvalue weighted by Crippen LogP contribution is -2.50. The van der Waals surface area contributed by atoms with Gasteiger partial charge in [0.05, 0.1) is 12.0 Å². The zero-order valence-corrected chi connectivity index (χ0v) is 9.37. The van der Waals surface area contributed by atoms with Crippen LogP contribution in [0.2, 0.25) is 0 Å². The molecule has 2 heterocycles. The maximum atomic E-state index is 12.2. The standard InChI is InChI=1S/C11H14N2OS/c14-10-8-4-1-2-5-9(8)12-11-13(10)6-3-7-15-11/h1-2,8-9H,3-7H2/t8-,9-/m1/s1. The van der Waals surface area contributed by atoms with Crippen LogP contribution in [0.15, 0.2) is 17.1 Å². The van der Waals surface area contributed by atoms with Gasteiger partial charge in [-0.2, -0.15) is 0 Å². The summed E-state index contributed by atoms with van der Waals surface area (Å²) < 4.78 is 0. The quantitative estimate of drug-likeness (QED) is 0.584. The maximum Gasteiger partial charge on any atom is 0.234 e. The van der Waals surface area contributed by atoms with E-state index in [-0.39, 0.29) is 12.0 Å². The van der Waals surface area contributed by atoms with Crippen molar-refractivity contribution in [2.45, 2.75) is 25.3 Å². The minimum Gasteiger partial charge on any atom is -0.291 e. The first-order valence-electron chi connectivity index (χ1n) is 5.53. The molecule has 0 unspecified atom stereocenters. The molecule has 2 aliphatic heterocycles. The Labute approximate surface area is 93.6 Å². The molecule has 0 saturated carbocycles. The van der Waals surface area contributed by atoms with Gasteiger partial charge in [0.25, 0.3) is 0 Å². The van der Waals surface area contributed by atoms with Gasteiger partial charge in [-0.3, -0.25) is 14.7 Å². The second-order valence-electron chi connectivity index (χ2n) is 4.22. The van der Waals surface area contributed by atoms with Crippen molar-refractivity contribution in [3.05, 3.63) is 12.2 Å². The molecule has 3 aliphatic rings. The SMILES string of the molecule is O=C1[C@@H]2CC=CC[C@H]2N=C2SCCCN12. The number of nitrogens with zero attached hydrogens (tertiary/aromatic N) is 2. The van der Waals surface area contributed by atoms with Gasteiger partial charge >= 0.3 is 0 Å². The number of rotatable bonds is 0. The van der Waals surface area contributed by atoms with Gasteiger partial charge < -0.3 is 0 Å². The highest BCUT2D eigenvalue weighted by Crippen LogP contribution is 2.32. The second-order valence-corrected chi connectivity index (χ2v) is 5.28. The summed E-state index contributed by atoms with van der Waals surface area (Å²) in [7, 11) is 0. The molecule has 80 valence electrons. The Bertz CT molecular complexity index is 350. The number of carbonyl (C=O) groups excluding carboxylic acids is 1. The number of thioether (sulfide) groups is 1. The summed E-state index contributed by atoms with van der Waals surface area (Å²) >= 11 is 1.74. The molecule has 0 N–H and O–H groups in total. The minimum absolute atomic E-state index is 0.123. The van der Waals surface area contributed by atoms with Gasteiger partial charge in [0.2, 0.25) is 5.91 Å². The van der Waals surface area contributed by atoms with Gasteiger partial charge in [0.15, 0.2) is 5.17 Å². The van der Waals surface area contributed by atoms with Crippen molar-refractivity contribution in [2.24, 2.45) is 10.9 Å². The molecule has 0 aromatic carbocycles. The van der Waals surface area contributed by atoms with Crippen molar-refractivity contribution in [2.75, 3.05) is 12.3 Å². The summed E-state index contributed by atoms with van der Waals surface area (Å²) in [4.78, 5) is 18.8. The molecule has 0 aromatic rings. The second kappa shape index (κ2) is 3.67. The molecule has 1 aliphatic carbocycles. The average molecular weight is 222 g/mol. The minimum atomic E-state index is 0.123. The van der Waals surface area contributed by atoms with Crippen LogP contribution in [0.3, 0.4) is 0 Å². The third kappa shape index (κ3) is 1.51. The summed E-state index contributed by atoms with van der Waals surface area (Å²) in [5.74, 6) is 1.54. The van der Waals surface area contributed by atoms with E-state index in [1.807, 2.05) is 4.90 Å². The van der Waals surface area contributed by atoms with Crippen molar-refractivity contribution < 1.29 is 4.79 Å². The molecule has 0 bridgehead atoms. The van der Waals surface area contributed by atoms with Crippen molar-refractivity contribution in [1.29, 1.82) is 0 Å². The third-order valence-electron chi connectivity index (χ3n) is 3.25. The fraction of sp³-hybridized carbons (Fsp3) is 0.636. The third-order valence-corrected chi connectivity index (χ3v) is 4.32. The zero-order valence-electron chi connectivity index (χ0n) is 8.56. The Kier molecular flexibility index (Phi) is 2.31. The van der Waals surface area contributed by atoms with Crippen LogP contribution in [-0.2, 0) is 4.79 Å². The molecule has 0 radical (unpaired) electrons. The fourth-order valence-electron chi connectivity index (χ4n) is 2.42. The smallest absolute Gasteiger partial charge is 0.234 e. The van der Waals surface area contributed by atoms with Crippen LogP contribution in [0.25, 0.3) is 0 Å². The van der Waals surface area contributed by atoms with Crippen LogP contribution in [0.4, 0.5) is 0 Å². The molecule has 4 heteroatoms. The Morgan fingerprint density at radius 1 is 1.40 bits per heavy atom. The van der Waals surface area contributed by atoms with Gasteiger partial charge in [0, 0.05) is 12.3 Å². The van der Waals surface area contributed by atoms with E-state index in [0.717, 1.165) is 36.7 Å². The zero-order chi connectivity index (χ0) is 10.3. The van der Waals surface area contributed by atoms with E-state index in [1.54, 1.807) is 11.8 Å². The van der Waals surface area contributed by atoms with E-state index in [1.165, 1.54) is 0 Å². The number of amides is 1. The van der Waals surface area contributed by atoms with Crippen LogP contribution in [0, 0.1) is 5.92 Å². The predicted molar refractivity (Wildman–Crippen MR) is 61.9 cm³/mol. The number of aliphatic imine (C=N–C) groups is 1. The lowest BCUT2D eigenvalue weighted by atomic mass is 9.87. The Hall–Kier alpha value is -0.770. The summed E-state index contributed by atoms with van der Waals surface area (Å²) in [6, 6.07) is 0.222. The largest absolute Gasteiger partial charge is 0.291 e. The maximum absolute atomic E-state index is 12.2. The Balaban J connectivity index is 1.94. The molecule has 0 aromatic heterocycles. The van der Waals surface area contributed by atoms with E-state index < -0.39 is 0 Å². The normalized spacial score (nSPS) is 34.5. The first-order chi connectivity index (χ1) is 7.36. The molecule has 15 heavy (non-hydrogen) atoms. The van der Waals surface area contributed by atoms with Gasteiger partial charge in [-0.05, 0) is 19.3 Å². The van der Waals surface area contributed by atoms with E-state index in [9.17, 15) is 4.79 Å². The lowest BCUT2D eigenvalue weighted by Gasteiger charge is -2.38. The average Bonchev–Trinajstić information content (AvgIpc) is 2.30. The predicted octanol–water partition coefficient (Wildman–Crippen LogP) is 1.66. The first kappa shape index (κ1) is 9.46. The molecule has 3 nitrogen and oxygen atoms in total. The van der Waals surface area contributed by atoms with Crippen molar-refractivity contribution in [3.8, 4) is 0 Å². The molecule has 3 rings (SSSR count). The lowest BCUT2D eigenvalue weighted by molar-refractivity contribution is -0.133. The van der Waals surface area contributed by atoms with E-state index in [2.05, 4.69) is 12.2 Å². The summed E-state index contributed by atoms with van der Waals surface area (Å²) in [6.45, 7) is 0.873. The highest BCUT2D eigenvalue weighted by atomic mass is 32.2. The number of hydrogen-bond acceptors (Lipinski definition) is 3. The van der Waals surface area contributed by atoms with Crippen molar-refractivity contribution in [1.82, 2.24) is 4.90 Å². The van der Waals surface area contributed by atoms with Gasteiger partial charge in [-0.15, -0.1) is 0 Å². The number of hydrogen-bond donors (Lipinski definition) is 0. The monoisotopic (exact) mass is 222 g/mol. The van der Waals surface area contributed by atoms with Crippen LogP contribution in [0.5, 0.6) is 0 Å². The number of allylic oxidation sites excluding steroid dienone is 1. The molecule has 1 fully saturated rings. The van der Waals surface area contributed by atoms with Crippen LogP contribution >= 0.6 is 11.8 Å². The van der Waals surface area contributed by atoms with Crippen molar-refractivity contribution >= 4 is 22.8 Å². The van der Waals surface area contributed by atoms with Crippen molar-refractivity contribution in [3.63, 3.8) is 0 Å². The number of carbonyl (C=O) groups is 1. The van der Waals surface area contributed by atoms with E-state index in [4.69, 9.17) is 4.99 Å². The molecular formula is C11H14N2OS. The van der Waals surface area contributed by atoms with E-state index >= 15 is 0 Å². The summed E-state index contributed by atoms with van der Waals surface area (Å²) in [5.41, 5.74) is 0. The topological polar surface area (TPSA) is 32.7 Å². The van der Waals surface area contributed by atoms with Gasteiger partial charge in [-0.25, -0.2) is 0 Å². The Morgan fingerprint density at radius 3 is 3.20 bits per heavy atom. The van der Waals surface area contributed by atoms with Gasteiger partial charge in [-0.1, -0.05) is 23.9 Å². The molecule has 1 amide bonds. The fourth-order valence-corrected chi connectivity index (χ4v) is 3.42. The van der Waals surface area contributed by atoms with Crippen LogP contribution in [-0.4, -0.2) is 34.3 Å². The molecule has 1 saturated heterocycles. The highest BCUT2D eigenvalue weighted by Gasteiger charge is 2.39. The van der Waals surface area contributed by atoms with Crippen LogP contribution in [0.1, 0.15) is 19.3 Å². The molecular weight excluding hydrogens is 208 g/mol. The van der Waals surface area contributed by atoms with Gasteiger partial charge in [0.1, 0.15) is 0 Å². The van der Waals surface area contributed by atoms with E-state index in [0.29, 0.717) is 5.91 Å². The first-order valence-corrected chi connectivity index (χ1v) is 6.52. The highest BCUT2D eigenvalue weighted by molar-refractivity contribution is 8.13. The molecule has 2 atom stereocenters. The Morgan fingerprint density at radius 2 is 2.27 bits per heavy atom.